The minimum Gasteiger partial charge on any atom is -0.493 e. The molecule has 1 atom stereocenters. The number of aliphatic hydroxyl groups excluding tert-OH is 1. The predicted octanol–water partition coefficient (Wildman–Crippen LogP) is 6.14. The molecule has 3 rings (SSSR count). The molecule has 1 heterocycles. The van der Waals surface area contributed by atoms with Crippen molar-refractivity contribution < 1.29 is 14.6 Å². The Morgan fingerprint density at radius 3 is 2.29 bits per heavy atom. The lowest BCUT2D eigenvalue weighted by atomic mass is 9.77. The number of hydrogen-bond acceptors (Lipinski definition) is 5. The summed E-state index contributed by atoms with van der Waals surface area (Å²) in [5, 5.41) is 10.3. The molecule has 1 aliphatic rings. The van der Waals surface area contributed by atoms with Crippen LogP contribution in [0.3, 0.4) is 0 Å². The van der Waals surface area contributed by atoms with E-state index in [2.05, 4.69) is 56.0 Å². The quantitative estimate of drug-likeness (QED) is 0.292. The van der Waals surface area contributed by atoms with Crippen LogP contribution < -0.4 is 9.47 Å². The van der Waals surface area contributed by atoms with E-state index in [4.69, 9.17) is 21.1 Å². The molecule has 0 aliphatic carbocycles. The topological polar surface area (TPSA) is 41.9 Å². The molecule has 0 radical (unpaired) electrons. The summed E-state index contributed by atoms with van der Waals surface area (Å²) in [6, 6.07) is 14.6. The van der Waals surface area contributed by atoms with E-state index < -0.39 is 6.10 Å². The molecule has 4 nitrogen and oxygen atoms in total. The lowest BCUT2D eigenvalue weighted by molar-refractivity contribution is 0.0715. The SMILES string of the molecule is CC.Cc1cc(C(C)(C)c2ccc(OCC(O)CN3CCSCC3)cc2)ccc1OCCCCl. The third kappa shape index (κ3) is 8.67. The molecule has 1 fully saturated rings. The number of halogens is 1. The number of thioether (sulfide) groups is 1. The lowest BCUT2D eigenvalue weighted by Crippen LogP contribution is -2.40. The second kappa shape index (κ2) is 14.9. The summed E-state index contributed by atoms with van der Waals surface area (Å²) < 4.78 is 11.7. The van der Waals surface area contributed by atoms with Gasteiger partial charge in [-0.2, -0.15) is 11.8 Å². The Labute approximate surface area is 216 Å². The first-order chi connectivity index (χ1) is 16.4. The number of aryl methyl sites for hydroxylation is 1. The number of nitrogens with zero attached hydrogens (tertiary/aromatic N) is 1. The Morgan fingerprint density at radius 2 is 1.68 bits per heavy atom. The molecule has 1 N–H and O–H groups in total. The van der Waals surface area contributed by atoms with Gasteiger partial charge in [0.05, 0.1) is 6.61 Å². The van der Waals surface area contributed by atoms with Gasteiger partial charge < -0.3 is 14.6 Å². The number of benzene rings is 2. The third-order valence-electron chi connectivity index (χ3n) is 6.02. The van der Waals surface area contributed by atoms with E-state index >= 15 is 0 Å². The molecule has 0 bridgehead atoms. The van der Waals surface area contributed by atoms with E-state index in [1.807, 2.05) is 37.7 Å². The lowest BCUT2D eigenvalue weighted by Gasteiger charge is -2.28. The Hall–Kier alpha value is -1.40. The Bertz CT molecular complexity index is 838. The van der Waals surface area contributed by atoms with Gasteiger partial charge >= 0.3 is 0 Å². The molecule has 0 amide bonds. The molecule has 1 saturated heterocycles. The highest BCUT2D eigenvalue weighted by Gasteiger charge is 2.24. The summed E-state index contributed by atoms with van der Waals surface area (Å²) in [5.41, 5.74) is 3.44. The molecule has 0 spiro atoms. The minimum absolute atomic E-state index is 0.149. The van der Waals surface area contributed by atoms with Crippen molar-refractivity contribution in [1.29, 1.82) is 0 Å². The Balaban J connectivity index is 0.00000199. The third-order valence-corrected chi connectivity index (χ3v) is 7.23. The van der Waals surface area contributed by atoms with Gasteiger partial charge in [0.25, 0.3) is 0 Å². The van der Waals surface area contributed by atoms with Crippen LogP contribution in [0.25, 0.3) is 0 Å². The molecule has 1 aliphatic heterocycles. The second-order valence-corrected chi connectivity index (χ2v) is 10.5. The van der Waals surface area contributed by atoms with Crippen LogP contribution >= 0.6 is 23.4 Å². The fourth-order valence-electron chi connectivity index (χ4n) is 3.90. The van der Waals surface area contributed by atoms with Crippen molar-refractivity contribution in [3.05, 3.63) is 59.2 Å². The zero-order valence-electron chi connectivity index (χ0n) is 21.5. The van der Waals surface area contributed by atoms with Crippen LogP contribution in [0.15, 0.2) is 42.5 Å². The fraction of sp³-hybridized carbons (Fsp3) is 0.571. The van der Waals surface area contributed by atoms with Crippen molar-refractivity contribution in [3.8, 4) is 11.5 Å². The summed E-state index contributed by atoms with van der Waals surface area (Å²) in [7, 11) is 0. The van der Waals surface area contributed by atoms with E-state index in [-0.39, 0.29) is 5.41 Å². The van der Waals surface area contributed by atoms with E-state index in [0.29, 0.717) is 25.6 Å². The highest BCUT2D eigenvalue weighted by atomic mass is 35.5. The van der Waals surface area contributed by atoms with Gasteiger partial charge in [0.1, 0.15) is 24.2 Å². The average Bonchev–Trinajstić information content (AvgIpc) is 2.86. The average molecular weight is 508 g/mol. The molecule has 34 heavy (non-hydrogen) atoms. The number of alkyl halides is 1. The van der Waals surface area contributed by atoms with Gasteiger partial charge in [-0.1, -0.05) is 52.0 Å². The van der Waals surface area contributed by atoms with E-state index in [9.17, 15) is 5.11 Å². The van der Waals surface area contributed by atoms with Crippen molar-refractivity contribution in [3.63, 3.8) is 0 Å². The number of β-amino-alcohol motifs (C(OH)–C–C–N with tert-alkyl or cyclic N) is 1. The molecule has 6 heteroatoms. The molecular weight excluding hydrogens is 466 g/mol. The molecule has 2 aromatic carbocycles. The summed E-state index contributed by atoms with van der Waals surface area (Å²) in [6.07, 6.45) is 0.374. The standard InChI is InChI=1S/C26H36ClNO3S.C2H6/c1-20-17-22(7-10-25(20)30-14-4-11-27)26(2,3)21-5-8-24(9-6-21)31-19-23(29)18-28-12-15-32-16-13-28;1-2/h5-10,17,23,29H,4,11-16,18-19H2,1-3H3;1-2H3. The van der Waals surface area contributed by atoms with Crippen LogP contribution in [0, 0.1) is 6.92 Å². The number of rotatable bonds is 11. The van der Waals surface area contributed by atoms with Crippen molar-refractivity contribution in [2.75, 3.05) is 50.2 Å². The van der Waals surface area contributed by atoms with Crippen LogP contribution in [-0.2, 0) is 5.41 Å². The number of aliphatic hydroxyl groups is 1. The zero-order chi connectivity index (χ0) is 25.0. The maximum Gasteiger partial charge on any atom is 0.122 e. The van der Waals surface area contributed by atoms with Gasteiger partial charge in [0.15, 0.2) is 0 Å². The molecule has 0 saturated carbocycles. The maximum absolute atomic E-state index is 10.3. The second-order valence-electron chi connectivity index (χ2n) is 8.90. The Kier molecular flexibility index (Phi) is 12.6. The largest absolute Gasteiger partial charge is 0.493 e. The minimum atomic E-state index is -0.470. The van der Waals surface area contributed by atoms with Crippen LogP contribution in [0.4, 0.5) is 0 Å². The Morgan fingerprint density at radius 1 is 1.03 bits per heavy atom. The smallest absolute Gasteiger partial charge is 0.122 e. The molecule has 0 aromatic heterocycles. The fourth-order valence-corrected chi connectivity index (χ4v) is 4.99. The van der Waals surface area contributed by atoms with Crippen molar-refractivity contribution >= 4 is 23.4 Å². The summed E-state index contributed by atoms with van der Waals surface area (Å²) in [5.74, 6) is 4.61. The van der Waals surface area contributed by atoms with Gasteiger partial charge in [-0.15, -0.1) is 11.6 Å². The summed E-state index contributed by atoms with van der Waals surface area (Å²) in [6.45, 7) is 14.3. The van der Waals surface area contributed by atoms with E-state index in [1.54, 1.807) is 0 Å². The van der Waals surface area contributed by atoms with Crippen molar-refractivity contribution in [2.45, 2.75) is 52.6 Å². The van der Waals surface area contributed by atoms with Gasteiger partial charge in [0, 0.05) is 42.4 Å². The summed E-state index contributed by atoms with van der Waals surface area (Å²) >= 11 is 7.72. The number of hydrogen-bond donors (Lipinski definition) is 1. The van der Waals surface area contributed by atoms with Gasteiger partial charge in [-0.25, -0.2) is 0 Å². The highest BCUT2D eigenvalue weighted by Crippen LogP contribution is 2.34. The number of ether oxygens (including phenoxy) is 2. The predicted molar refractivity (Wildman–Crippen MR) is 147 cm³/mol. The van der Waals surface area contributed by atoms with Gasteiger partial charge in [-0.3, -0.25) is 4.90 Å². The van der Waals surface area contributed by atoms with Crippen LogP contribution in [0.2, 0.25) is 0 Å². The normalized spacial score (nSPS) is 15.3. The first kappa shape index (κ1) is 28.8. The molecular formula is C28H42ClNO3S. The molecule has 2 aromatic rings. The van der Waals surface area contributed by atoms with Crippen LogP contribution in [0.1, 0.15) is 50.8 Å². The molecule has 190 valence electrons. The van der Waals surface area contributed by atoms with Crippen molar-refractivity contribution in [2.24, 2.45) is 0 Å². The maximum atomic E-state index is 10.3. The first-order valence-corrected chi connectivity index (χ1v) is 14.1. The van der Waals surface area contributed by atoms with E-state index in [1.165, 1.54) is 11.1 Å². The molecule has 1 unspecified atom stereocenters. The van der Waals surface area contributed by atoms with Crippen molar-refractivity contribution in [1.82, 2.24) is 4.90 Å². The van der Waals surface area contributed by atoms with Gasteiger partial charge in [0.2, 0.25) is 0 Å². The highest BCUT2D eigenvalue weighted by molar-refractivity contribution is 7.99. The zero-order valence-corrected chi connectivity index (χ0v) is 23.1. The first-order valence-electron chi connectivity index (χ1n) is 12.4. The van der Waals surface area contributed by atoms with Gasteiger partial charge in [-0.05, 0) is 48.2 Å². The van der Waals surface area contributed by atoms with E-state index in [0.717, 1.165) is 48.1 Å². The summed E-state index contributed by atoms with van der Waals surface area (Å²) in [4.78, 5) is 2.31. The van der Waals surface area contributed by atoms with Crippen LogP contribution in [0.5, 0.6) is 11.5 Å². The monoisotopic (exact) mass is 507 g/mol. The van der Waals surface area contributed by atoms with Crippen LogP contribution in [-0.4, -0.2) is 66.3 Å².